The molecular formula is C16H25BO4. The minimum Gasteiger partial charge on any atom is -0.497 e. The summed E-state index contributed by atoms with van der Waals surface area (Å²) in [5.74, 6) is 1.27. The highest BCUT2D eigenvalue weighted by molar-refractivity contribution is 6.59. The normalized spacial score (nSPS) is 22.1. The van der Waals surface area contributed by atoms with E-state index >= 15 is 0 Å². The van der Waals surface area contributed by atoms with Crippen LogP contribution in [-0.4, -0.2) is 30.4 Å². The molecule has 0 radical (unpaired) electrons. The second-order valence-corrected chi connectivity index (χ2v) is 5.82. The fraction of sp³-hybridized carbons (Fsp3) is 0.625. The fourth-order valence-electron chi connectivity index (χ4n) is 3.05. The largest absolute Gasteiger partial charge is 0.497 e. The summed E-state index contributed by atoms with van der Waals surface area (Å²) >= 11 is 0. The first kappa shape index (κ1) is 16.3. The molecule has 116 valence electrons. The van der Waals surface area contributed by atoms with E-state index in [0.29, 0.717) is 23.9 Å². The summed E-state index contributed by atoms with van der Waals surface area (Å²) < 4.78 is 11.1. The van der Waals surface area contributed by atoms with Gasteiger partial charge in [0.25, 0.3) is 0 Å². The highest BCUT2D eigenvalue weighted by Crippen LogP contribution is 2.29. The van der Waals surface area contributed by atoms with E-state index < -0.39 is 7.12 Å². The van der Waals surface area contributed by atoms with E-state index in [4.69, 9.17) is 9.47 Å². The zero-order valence-electron chi connectivity index (χ0n) is 12.9. The molecule has 1 saturated carbocycles. The van der Waals surface area contributed by atoms with Crippen LogP contribution in [-0.2, 0) is 11.3 Å². The summed E-state index contributed by atoms with van der Waals surface area (Å²) in [7, 11) is -0.0105. The van der Waals surface area contributed by atoms with Crippen LogP contribution >= 0.6 is 0 Å². The Kier molecular flexibility index (Phi) is 6.09. The fourth-order valence-corrected chi connectivity index (χ4v) is 3.05. The number of methoxy groups -OCH3 is 1. The van der Waals surface area contributed by atoms with Gasteiger partial charge in [0.05, 0.1) is 19.8 Å². The van der Waals surface area contributed by atoms with Crippen LogP contribution in [0, 0.1) is 5.92 Å². The van der Waals surface area contributed by atoms with E-state index in [1.165, 1.54) is 26.4 Å². The zero-order chi connectivity index (χ0) is 15.2. The minimum absolute atomic E-state index is 0.327. The molecule has 0 heterocycles. The second kappa shape index (κ2) is 7.83. The first-order chi connectivity index (χ1) is 10.1. The van der Waals surface area contributed by atoms with Crippen molar-refractivity contribution < 1.29 is 19.5 Å². The van der Waals surface area contributed by atoms with Crippen LogP contribution in [0.4, 0.5) is 0 Å². The third kappa shape index (κ3) is 4.46. The Morgan fingerprint density at radius 1 is 1.29 bits per heavy atom. The van der Waals surface area contributed by atoms with Crippen molar-refractivity contribution in [3.63, 3.8) is 0 Å². The number of hydrogen-bond acceptors (Lipinski definition) is 4. The van der Waals surface area contributed by atoms with E-state index in [-0.39, 0.29) is 0 Å². The van der Waals surface area contributed by atoms with Gasteiger partial charge in [0.1, 0.15) is 5.75 Å². The summed E-state index contributed by atoms with van der Waals surface area (Å²) in [6.07, 6.45) is 6.38. The van der Waals surface area contributed by atoms with Crippen molar-refractivity contribution in [2.75, 3.05) is 7.11 Å². The predicted octanol–water partition coefficient (Wildman–Crippen LogP) is 1.86. The van der Waals surface area contributed by atoms with Crippen LogP contribution in [0.25, 0.3) is 0 Å². The van der Waals surface area contributed by atoms with Crippen molar-refractivity contribution in [1.29, 1.82) is 0 Å². The van der Waals surface area contributed by atoms with Crippen LogP contribution in [0.15, 0.2) is 18.2 Å². The average molecular weight is 292 g/mol. The first-order valence-electron chi connectivity index (χ1n) is 7.78. The van der Waals surface area contributed by atoms with E-state index in [1.807, 2.05) is 6.07 Å². The van der Waals surface area contributed by atoms with Crippen molar-refractivity contribution in [1.82, 2.24) is 0 Å². The van der Waals surface area contributed by atoms with Crippen molar-refractivity contribution in [2.24, 2.45) is 5.92 Å². The van der Waals surface area contributed by atoms with Gasteiger partial charge in [-0.25, -0.2) is 0 Å². The van der Waals surface area contributed by atoms with E-state index in [0.717, 1.165) is 24.3 Å². The standard InChI is InChI=1S/C16H25BO4/c1-3-12-5-4-6-14(9-12)21-11-13-7-8-16(20-2)15(10-13)17(18)19/h7-8,10,12,14,18-19H,3-6,9,11H2,1-2H3. The van der Waals surface area contributed by atoms with Gasteiger partial charge in [-0.15, -0.1) is 0 Å². The van der Waals surface area contributed by atoms with Gasteiger partial charge < -0.3 is 19.5 Å². The topological polar surface area (TPSA) is 58.9 Å². The van der Waals surface area contributed by atoms with Crippen molar-refractivity contribution in [3.05, 3.63) is 23.8 Å². The van der Waals surface area contributed by atoms with Crippen molar-refractivity contribution in [2.45, 2.75) is 51.7 Å². The number of rotatable bonds is 6. The Hall–Kier alpha value is -1.04. The Morgan fingerprint density at radius 3 is 2.76 bits per heavy atom. The lowest BCUT2D eigenvalue weighted by molar-refractivity contribution is 0.00178. The molecule has 2 atom stereocenters. The molecule has 1 aromatic rings. The molecular weight excluding hydrogens is 267 g/mol. The van der Waals surface area contributed by atoms with Crippen LogP contribution in [0.2, 0.25) is 0 Å². The SMILES string of the molecule is CCC1CCCC(OCc2ccc(OC)c(B(O)O)c2)C1. The van der Waals surface area contributed by atoms with Crippen molar-refractivity contribution >= 4 is 12.6 Å². The number of benzene rings is 1. The van der Waals surface area contributed by atoms with Crippen LogP contribution in [0.1, 0.15) is 44.6 Å². The average Bonchev–Trinajstić information content (AvgIpc) is 2.52. The molecule has 2 rings (SSSR count). The van der Waals surface area contributed by atoms with E-state index in [1.54, 1.807) is 12.1 Å². The Labute approximate surface area is 127 Å². The lowest BCUT2D eigenvalue weighted by atomic mass is 9.79. The van der Waals surface area contributed by atoms with Crippen LogP contribution in [0.3, 0.4) is 0 Å². The predicted molar refractivity (Wildman–Crippen MR) is 83.6 cm³/mol. The lowest BCUT2D eigenvalue weighted by Gasteiger charge is -2.28. The molecule has 2 unspecified atom stereocenters. The Balaban J connectivity index is 1.95. The summed E-state index contributed by atoms with van der Waals surface area (Å²) in [4.78, 5) is 0. The van der Waals surface area contributed by atoms with Gasteiger partial charge in [-0.3, -0.25) is 0 Å². The maximum Gasteiger partial charge on any atom is 0.492 e. The summed E-state index contributed by atoms with van der Waals surface area (Å²) in [6, 6.07) is 5.40. The maximum absolute atomic E-state index is 9.38. The Morgan fingerprint density at radius 2 is 2.10 bits per heavy atom. The molecule has 0 bridgehead atoms. The van der Waals surface area contributed by atoms with Crippen LogP contribution in [0.5, 0.6) is 5.75 Å². The number of ether oxygens (including phenoxy) is 2. The molecule has 1 aromatic carbocycles. The molecule has 5 heteroatoms. The first-order valence-corrected chi connectivity index (χ1v) is 7.78. The molecule has 2 N–H and O–H groups in total. The van der Waals surface area contributed by atoms with Crippen molar-refractivity contribution in [3.8, 4) is 5.75 Å². The molecule has 0 aromatic heterocycles. The third-order valence-corrected chi connectivity index (χ3v) is 4.37. The number of hydrogen-bond donors (Lipinski definition) is 2. The Bertz CT molecular complexity index is 450. The minimum atomic E-state index is -1.53. The molecule has 0 saturated heterocycles. The quantitative estimate of drug-likeness (QED) is 0.786. The van der Waals surface area contributed by atoms with Gasteiger partial charge in [-0.2, -0.15) is 0 Å². The van der Waals surface area contributed by atoms with E-state index in [9.17, 15) is 10.0 Å². The van der Waals surface area contributed by atoms with Gasteiger partial charge in [-0.05, 0) is 30.4 Å². The smallest absolute Gasteiger partial charge is 0.492 e. The lowest BCUT2D eigenvalue weighted by Crippen LogP contribution is -2.31. The monoisotopic (exact) mass is 292 g/mol. The molecule has 1 fully saturated rings. The third-order valence-electron chi connectivity index (χ3n) is 4.37. The highest BCUT2D eigenvalue weighted by atomic mass is 16.5. The molecule has 1 aliphatic rings. The molecule has 4 nitrogen and oxygen atoms in total. The summed E-state index contributed by atoms with van der Waals surface area (Å²) in [5.41, 5.74) is 1.33. The molecule has 0 spiro atoms. The van der Waals surface area contributed by atoms with Gasteiger partial charge >= 0.3 is 7.12 Å². The highest BCUT2D eigenvalue weighted by Gasteiger charge is 2.22. The van der Waals surface area contributed by atoms with Gasteiger partial charge in [0.2, 0.25) is 0 Å². The second-order valence-electron chi connectivity index (χ2n) is 5.82. The molecule has 1 aliphatic carbocycles. The van der Waals surface area contributed by atoms with Gasteiger partial charge in [0.15, 0.2) is 0 Å². The van der Waals surface area contributed by atoms with Crippen LogP contribution < -0.4 is 10.2 Å². The van der Waals surface area contributed by atoms with Gasteiger partial charge in [0, 0.05) is 5.46 Å². The van der Waals surface area contributed by atoms with E-state index in [2.05, 4.69) is 6.92 Å². The summed E-state index contributed by atoms with van der Waals surface area (Å²) in [6.45, 7) is 2.75. The zero-order valence-corrected chi connectivity index (χ0v) is 12.9. The maximum atomic E-state index is 9.38. The van der Waals surface area contributed by atoms with Gasteiger partial charge in [-0.1, -0.05) is 38.3 Å². The summed E-state index contributed by atoms with van der Waals surface area (Å²) in [5, 5.41) is 18.8. The molecule has 0 amide bonds. The molecule has 0 aliphatic heterocycles. The molecule has 21 heavy (non-hydrogen) atoms.